The molecule has 2 nitrogen and oxygen atoms in total. The van der Waals surface area contributed by atoms with Gasteiger partial charge in [-0.2, -0.15) is 5.10 Å². The van der Waals surface area contributed by atoms with Crippen molar-refractivity contribution in [2.24, 2.45) is 11.0 Å². The van der Waals surface area contributed by atoms with E-state index in [0.29, 0.717) is 5.92 Å². The van der Waals surface area contributed by atoms with Gasteiger partial charge in [-0.15, -0.1) is 0 Å². The monoisotopic (exact) mass is 140 g/mol. The SMILES string of the molecule is CCN1CCC(C(C)C)=N1. The first-order chi connectivity index (χ1) is 4.74. The van der Waals surface area contributed by atoms with Crippen LogP contribution in [0.1, 0.15) is 27.2 Å². The number of hydrogen-bond donors (Lipinski definition) is 0. The molecule has 1 heterocycles. The molecule has 0 N–H and O–H groups in total. The predicted molar refractivity (Wildman–Crippen MR) is 44.1 cm³/mol. The fraction of sp³-hybridized carbons (Fsp3) is 0.875. The van der Waals surface area contributed by atoms with E-state index in [1.165, 1.54) is 12.1 Å². The van der Waals surface area contributed by atoms with E-state index in [1.807, 2.05) is 0 Å². The van der Waals surface area contributed by atoms with Crippen LogP contribution in [0.2, 0.25) is 0 Å². The van der Waals surface area contributed by atoms with E-state index < -0.39 is 0 Å². The van der Waals surface area contributed by atoms with E-state index in [-0.39, 0.29) is 0 Å². The minimum atomic E-state index is 0.636. The number of hydrogen-bond acceptors (Lipinski definition) is 2. The lowest BCUT2D eigenvalue weighted by Gasteiger charge is -2.08. The first-order valence-corrected chi connectivity index (χ1v) is 4.06. The Kier molecular flexibility index (Phi) is 2.30. The molecular weight excluding hydrogens is 124 g/mol. The third-order valence-electron chi connectivity index (χ3n) is 1.93. The van der Waals surface area contributed by atoms with E-state index in [2.05, 4.69) is 30.9 Å². The Morgan fingerprint density at radius 1 is 1.60 bits per heavy atom. The molecule has 2 heteroatoms. The topological polar surface area (TPSA) is 15.6 Å². The second-order valence-electron chi connectivity index (χ2n) is 3.04. The van der Waals surface area contributed by atoms with E-state index in [9.17, 15) is 0 Å². The summed E-state index contributed by atoms with van der Waals surface area (Å²) < 4.78 is 0. The third-order valence-corrected chi connectivity index (χ3v) is 1.93. The number of rotatable bonds is 2. The highest BCUT2D eigenvalue weighted by Gasteiger charge is 2.14. The molecule has 0 amide bonds. The van der Waals surface area contributed by atoms with Crippen LogP contribution in [0.3, 0.4) is 0 Å². The first-order valence-electron chi connectivity index (χ1n) is 4.06. The lowest BCUT2D eigenvalue weighted by atomic mass is 10.1. The van der Waals surface area contributed by atoms with Crippen molar-refractivity contribution in [1.29, 1.82) is 0 Å². The van der Waals surface area contributed by atoms with Gasteiger partial charge in [0.15, 0.2) is 0 Å². The molecule has 0 aromatic heterocycles. The molecule has 0 saturated heterocycles. The minimum Gasteiger partial charge on any atom is -0.297 e. The van der Waals surface area contributed by atoms with Crippen LogP contribution < -0.4 is 0 Å². The van der Waals surface area contributed by atoms with Crippen LogP contribution in [-0.4, -0.2) is 23.8 Å². The average Bonchev–Trinajstić information content (AvgIpc) is 2.34. The van der Waals surface area contributed by atoms with E-state index in [0.717, 1.165) is 13.1 Å². The molecule has 0 fully saturated rings. The summed E-state index contributed by atoms with van der Waals surface area (Å²) in [5.41, 5.74) is 1.36. The summed E-state index contributed by atoms with van der Waals surface area (Å²) in [6.45, 7) is 8.74. The maximum absolute atomic E-state index is 4.46. The second-order valence-corrected chi connectivity index (χ2v) is 3.04. The van der Waals surface area contributed by atoms with Gasteiger partial charge in [0.2, 0.25) is 0 Å². The molecule has 58 valence electrons. The van der Waals surface area contributed by atoms with Crippen LogP contribution in [0.15, 0.2) is 5.10 Å². The predicted octanol–water partition coefficient (Wildman–Crippen LogP) is 1.72. The largest absolute Gasteiger partial charge is 0.297 e. The van der Waals surface area contributed by atoms with Gasteiger partial charge in [0.25, 0.3) is 0 Å². The fourth-order valence-corrected chi connectivity index (χ4v) is 1.16. The van der Waals surface area contributed by atoms with Gasteiger partial charge in [-0.25, -0.2) is 0 Å². The van der Waals surface area contributed by atoms with Crippen LogP contribution in [0.5, 0.6) is 0 Å². The van der Waals surface area contributed by atoms with Crippen molar-refractivity contribution in [3.05, 3.63) is 0 Å². The molecule has 0 radical (unpaired) electrons. The Bertz CT molecular complexity index is 138. The van der Waals surface area contributed by atoms with Crippen LogP contribution in [-0.2, 0) is 0 Å². The van der Waals surface area contributed by atoms with Gasteiger partial charge in [-0.05, 0) is 12.8 Å². The Labute approximate surface area is 62.9 Å². The summed E-state index contributed by atoms with van der Waals surface area (Å²) >= 11 is 0. The molecular formula is C8H16N2. The highest BCUT2D eigenvalue weighted by molar-refractivity contribution is 5.87. The molecule has 0 bridgehead atoms. The van der Waals surface area contributed by atoms with Crippen LogP contribution >= 0.6 is 0 Å². The Balaban J connectivity index is 2.48. The van der Waals surface area contributed by atoms with Gasteiger partial charge in [0.1, 0.15) is 0 Å². The van der Waals surface area contributed by atoms with Crippen molar-refractivity contribution in [3.8, 4) is 0 Å². The molecule has 1 aliphatic heterocycles. The molecule has 1 aliphatic rings. The molecule has 0 unspecified atom stereocenters. The zero-order valence-electron chi connectivity index (χ0n) is 7.09. The van der Waals surface area contributed by atoms with Crippen molar-refractivity contribution in [2.45, 2.75) is 27.2 Å². The van der Waals surface area contributed by atoms with Crippen LogP contribution in [0.4, 0.5) is 0 Å². The first kappa shape index (κ1) is 7.58. The lowest BCUT2D eigenvalue weighted by Crippen LogP contribution is -2.11. The van der Waals surface area contributed by atoms with Crippen LogP contribution in [0.25, 0.3) is 0 Å². The van der Waals surface area contributed by atoms with Gasteiger partial charge >= 0.3 is 0 Å². The van der Waals surface area contributed by atoms with Crippen molar-refractivity contribution >= 4 is 5.71 Å². The molecule has 0 saturated carbocycles. The quantitative estimate of drug-likeness (QED) is 0.570. The molecule has 0 spiro atoms. The molecule has 0 aliphatic carbocycles. The molecule has 0 aromatic carbocycles. The van der Waals surface area contributed by atoms with E-state index in [4.69, 9.17) is 0 Å². The standard InChI is InChI=1S/C8H16N2/c1-4-10-6-5-8(9-10)7(2)3/h7H,4-6H2,1-3H3. The van der Waals surface area contributed by atoms with E-state index >= 15 is 0 Å². The molecule has 0 aromatic rings. The summed E-state index contributed by atoms with van der Waals surface area (Å²) in [4.78, 5) is 0. The lowest BCUT2D eigenvalue weighted by molar-refractivity contribution is 0.336. The second kappa shape index (κ2) is 3.04. The van der Waals surface area contributed by atoms with Crippen molar-refractivity contribution in [3.63, 3.8) is 0 Å². The summed E-state index contributed by atoms with van der Waals surface area (Å²) in [5.74, 6) is 0.636. The maximum Gasteiger partial charge on any atom is 0.0424 e. The molecule has 1 rings (SSSR count). The smallest absolute Gasteiger partial charge is 0.0424 e. The maximum atomic E-state index is 4.46. The number of nitrogens with zero attached hydrogens (tertiary/aromatic N) is 2. The van der Waals surface area contributed by atoms with Gasteiger partial charge in [0, 0.05) is 25.2 Å². The Morgan fingerprint density at radius 2 is 2.30 bits per heavy atom. The van der Waals surface area contributed by atoms with Crippen molar-refractivity contribution in [2.75, 3.05) is 13.1 Å². The Hall–Kier alpha value is -0.530. The van der Waals surface area contributed by atoms with Gasteiger partial charge in [-0.1, -0.05) is 13.8 Å². The number of hydrazone groups is 1. The summed E-state index contributed by atoms with van der Waals surface area (Å²) in [7, 11) is 0. The van der Waals surface area contributed by atoms with Gasteiger partial charge in [-0.3, -0.25) is 5.01 Å². The van der Waals surface area contributed by atoms with Gasteiger partial charge < -0.3 is 0 Å². The third kappa shape index (κ3) is 1.49. The van der Waals surface area contributed by atoms with Crippen molar-refractivity contribution < 1.29 is 0 Å². The highest BCUT2D eigenvalue weighted by Crippen LogP contribution is 2.11. The average molecular weight is 140 g/mol. The summed E-state index contributed by atoms with van der Waals surface area (Å²) in [5, 5.41) is 6.59. The minimum absolute atomic E-state index is 0.636. The summed E-state index contributed by atoms with van der Waals surface area (Å²) in [6, 6.07) is 0. The normalized spacial score (nSPS) is 18.4. The zero-order valence-corrected chi connectivity index (χ0v) is 7.09. The molecule has 10 heavy (non-hydrogen) atoms. The van der Waals surface area contributed by atoms with E-state index in [1.54, 1.807) is 0 Å². The van der Waals surface area contributed by atoms with Crippen LogP contribution in [0, 0.1) is 5.92 Å². The zero-order chi connectivity index (χ0) is 7.56. The Morgan fingerprint density at radius 3 is 2.60 bits per heavy atom. The molecule has 0 atom stereocenters. The highest BCUT2D eigenvalue weighted by atomic mass is 15.5. The van der Waals surface area contributed by atoms with Crippen molar-refractivity contribution in [1.82, 2.24) is 5.01 Å². The van der Waals surface area contributed by atoms with Gasteiger partial charge in [0.05, 0.1) is 0 Å². The summed E-state index contributed by atoms with van der Waals surface area (Å²) in [6.07, 6.45) is 1.17. The fourth-order valence-electron chi connectivity index (χ4n) is 1.16.